The van der Waals surface area contributed by atoms with E-state index in [1.54, 1.807) is 0 Å². The van der Waals surface area contributed by atoms with Crippen molar-refractivity contribution in [3.8, 4) is 0 Å². The Morgan fingerprint density at radius 3 is 3.12 bits per heavy atom. The van der Waals surface area contributed by atoms with Gasteiger partial charge in [0.2, 0.25) is 0 Å². The molecule has 2 aromatic rings. The first-order chi connectivity index (χ1) is 7.86. The summed E-state index contributed by atoms with van der Waals surface area (Å²) in [5.74, 6) is 0. The van der Waals surface area contributed by atoms with Crippen LogP contribution >= 0.6 is 0 Å². The van der Waals surface area contributed by atoms with Crippen molar-refractivity contribution >= 4 is 16.6 Å². The molecule has 0 bridgehead atoms. The highest BCUT2D eigenvalue weighted by molar-refractivity contribution is 5.92. The van der Waals surface area contributed by atoms with Crippen LogP contribution in [0.2, 0.25) is 0 Å². The molecule has 2 N–H and O–H groups in total. The highest BCUT2D eigenvalue weighted by Crippen LogP contribution is 2.28. The average Bonchev–Trinajstić information content (AvgIpc) is 2.77. The van der Waals surface area contributed by atoms with Crippen LogP contribution in [0.4, 0.5) is 10.1 Å². The molecule has 0 saturated carbocycles. The Labute approximate surface area is 93.3 Å². The second-order valence-electron chi connectivity index (χ2n) is 4.05. The van der Waals surface area contributed by atoms with Gasteiger partial charge in [0, 0.05) is 42.4 Å². The van der Waals surface area contributed by atoms with Crippen molar-refractivity contribution < 1.29 is 4.39 Å². The Balaban J connectivity index is 2.07. The van der Waals surface area contributed by atoms with Gasteiger partial charge in [-0.25, -0.2) is 4.39 Å². The van der Waals surface area contributed by atoms with Gasteiger partial charge in [0.15, 0.2) is 6.30 Å². The first-order valence-corrected chi connectivity index (χ1v) is 5.54. The SMILES string of the molecule is FC1CNCCN1c1cccc2[nH]ccc12. The normalized spacial score (nSPS) is 21.6. The first-order valence-electron chi connectivity index (χ1n) is 5.54. The van der Waals surface area contributed by atoms with E-state index in [1.807, 2.05) is 35.4 Å². The summed E-state index contributed by atoms with van der Waals surface area (Å²) in [6, 6.07) is 7.95. The van der Waals surface area contributed by atoms with Crippen molar-refractivity contribution in [3.05, 3.63) is 30.5 Å². The van der Waals surface area contributed by atoms with Crippen LogP contribution in [0.5, 0.6) is 0 Å². The van der Waals surface area contributed by atoms with E-state index < -0.39 is 6.30 Å². The molecule has 1 atom stereocenters. The lowest BCUT2D eigenvalue weighted by atomic mass is 10.2. The topological polar surface area (TPSA) is 31.1 Å². The van der Waals surface area contributed by atoms with Gasteiger partial charge in [0.05, 0.1) is 0 Å². The summed E-state index contributed by atoms with van der Waals surface area (Å²) in [5, 5.41) is 4.14. The molecule has 84 valence electrons. The highest BCUT2D eigenvalue weighted by atomic mass is 19.1. The Morgan fingerprint density at radius 1 is 1.31 bits per heavy atom. The summed E-state index contributed by atoms with van der Waals surface area (Å²) in [5.41, 5.74) is 2.04. The molecular formula is C12H14FN3. The summed E-state index contributed by atoms with van der Waals surface area (Å²) in [7, 11) is 0. The molecule has 0 spiro atoms. The fraction of sp³-hybridized carbons (Fsp3) is 0.333. The lowest BCUT2D eigenvalue weighted by Gasteiger charge is -2.33. The van der Waals surface area contributed by atoms with Crippen LogP contribution < -0.4 is 10.2 Å². The molecule has 1 aromatic heterocycles. The van der Waals surface area contributed by atoms with Crippen LogP contribution in [0.15, 0.2) is 30.5 Å². The van der Waals surface area contributed by atoms with E-state index in [1.165, 1.54) is 0 Å². The summed E-state index contributed by atoms with van der Waals surface area (Å²) in [6.07, 6.45) is 0.957. The number of aromatic nitrogens is 1. The Morgan fingerprint density at radius 2 is 2.25 bits per heavy atom. The predicted molar refractivity (Wildman–Crippen MR) is 63.4 cm³/mol. The van der Waals surface area contributed by atoms with Gasteiger partial charge in [-0.2, -0.15) is 0 Å². The number of anilines is 1. The van der Waals surface area contributed by atoms with Crippen LogP contribution in [0.3, 0.4) is 0 Å². The molecule has 16 heavy (non-hydrogen) atoms. The molecule has 3 rings (SSSR count). The second-order valence-corrected chi connectivity index (χ2v) is 4.05. The summed E-state index contributed by atoms with van der Waals surface area (Å²) >= 11 is 0. The van der Waals surface area contributed by atoms with Gasteiger partial charge in [0.1, 0.15) is 0 Å². The maximum absolute atomic E-state index is 13.8. The largest absolute Gasteiger partial charge is 0.361 e. The zero-order valence-corrected chi connectivity index (χ0v) is 8.91. The number of hydrogen-bond donors (Lipinski definition) is 2. The maximum atomic E-state index is 13.8. The number of aromatic amines is 1. The van der Waals surface area contributed by atoms with Gasteiger partial charge in [0.25, 0.3) is 0 Å². The van der Waals surface area contributed by atoms with Gasteiger partial charge in [-0.1, -0.05) is 6.07 Å². The standard InChI is InChI=1S/C12H14FN3/c13-12-8-14-6-7-16(12)11-3-1-2-10-9(11)4-5-15-10/h1-5,12,14-15H,6-8H2. The van der Waals surface area contributed by atoms with Crippen LogP contribution in [-0.4, -0.2) is 30.9 Å². The third-order valence-corrected chi connectivity index (χ3v) is 3.06. The molecule has 3 nitrogen and oxygen atoms in total. The van der Waals surface area contributed by atoms with E-state index in [2.05, 4.69) is 10.3 Å². The number of piperazine rings is 1. The lowest BCUT2D eigenvalue weighted by molar-refractivity contribution is 0.281. The molecule has 0 radical (unpaired) electrons. The minimum Gasteiger partial charge on any atom is -0.361 e. The van der Waals surface area contributed by atoms with Crippen LogP contribution in [0.25, 0.3) is 10.9 Å². The molecule has 1 aliphatic rings. The molecule has 1 fully saturated rings. The monoisotopic (exact) mass is 219 g/mol. The van der Waals surface area contributed by atoms with E-state index in [0.717, 1.165) is 23.1 Å². The molecule has 0 amide bonds. The summed E-state index contributed by atoms with van der Waals surface area (Å²) in [4.78, 5) is 4.98. The average molecular weight is 219 g/mol. The van der Waals surface area contributed by atoms with E-state index in [4.69, 9.17) is 0 Å². The van der Waals surface area contributed by atoms with Gasteiger partial charge in [-0.05, 0) is 18.2 Å². The minimum absolute atomic E-state index is 0.404. The smallest absolute Gasteiger partial charge is 0.185 e. The van der Waals surface area contributed by atoms with Gasteiger partial charge < -0.3 is 15.2 Å². The van der Waals surface area contributed by atoms with E-state index >= 15 is 0 Å². The van der Waals surface area contributed by atoms with Crippen LogP contribution in [-0.2, 0) is 0 Å². The number of rotatable bonds is 1. The number of nitrogens with one attached hydrogen (secondary N) is 2. The number of nitrogens with zero attached hydrogens (tertiary/aromatic N) is 1. The van der Waals surface area contributed by atoms with Crippen LogP contribution in [0.1, 0.15) is 0 Å². The van der Waals surface area contributed by atoms with E-state index in [9.17, 15) is 4.39 Å². The molecule has 1 aromatic carbocycles. The minimum atomic E-state index is -0.936. The Kier molecular flexibility index (Phi) is 2.29. The fourth-order valence-electron chi connectivity index (χ4n) is 2.26. The van der Waals surface area contributed by atoms with Crippen molar-refractivity contribution in [2.45, 2.75) is 6.30 Å². The zero-order valence-electron chi connectivity index (χ0n) is 8.91. The molecular weight excluding hydrogens is 205 g/mol. The summed E-state index contributed by atoms with van der Waals surface area (Å²) < 4.78 is 13.8. The maximum Gasteiger partial charge on any atom is 0.185 e. The highest BCUT2D eigenvalue weighted by Gasteiger charge is 2.22. The zero-order chi connectivity index (χ0) is 11.0. The van der Waals surface area contributed by atoms with Crippen molar-refractivity contribution in [3.63, 3.8) is 0 Å². The number of halogens is 1. The first kappa shape index (κ1) is 9.66. The molecule has 0 aliphatic carbocycles. The molecule has 1 unspecified atom stereocenters. The van der Waals surface area contributed by atoms with Crippen molar-refractivity contribution in [2.75, 3.05) is 24.5 Å². The molecule has 4 heteroatoms. The van der Waals surface area contributed by atoms with E-state index in [0.29, 0.717) is 13.1 Å². The van der Waals surface area contributed by atoms with Gasteiger partial charge >= 0.3 is 0 Å². The molecule has 2 heterocycles. The number of H-pyrrole nitrogens is 1. The third-order valence-electron chi connectivity index (χ3n) is 3.06. The number of benzene rings is 1. The Bertz CT molecular complexity index is 494. The quantitative estimate of drug-likeness (QED) is 0.717. The van der Waals surface area contributed by atoms with Gasteiger partial charge in [-0.3, -0.25) is 0 Å². The molecule has 1 saturated heterocycles. The predicted octanol–water partition coefficient (Wildman–Crippen LogP) is 1.87. The van der Waals surface area contributed by atoms with Crippen molar-refractivity contribution in [1.82, 2.24) is 10.3 Å². The third kappa shape index (κ3) is 1.46. The van der Waals surface area contributed by atoms with Crippen LogP contribution in [0, 0.1) is 0 Å². The Hall–Kier alpha value is -1.55. The number of hydrogen-bond acceptors (Lipinski definition) is 2. The summed E-state index contributed by atoms with van der Waals surface area (Å²) in [6.45, 7) is 1.95. The number of alkyl halides is 1. The lowest BCUT2D eigenvalue weighted by Crippen LogP contribution is -2.49. The number of fused-ring (bicyclic) bond motifs is 1. The second kappa shape index (κ2) is 3.79. The van der Waals surface area contributed by atoms with Crippen molar-refractivity contribution in [2.24, 2.45) is 0 Å². The fourth-order valence-corrected chi connectivity index (χ4v) is 2.26. The molecule has 1 aliphatic heterocycles. The van der Waals surface area contributed by atoms with E-state index in [-0.39, 0.29) is 0 Å². The van der Waals surface area contributed by atoms with Crippen molar-refractivity contribution in [1.29, 1.82) is 0 Å². The van der Waals surface area contributed by atoms with Gasteiger partial charge in [-0.15, -0.1) is 0 Å².